The van der Waals surface area contributed by atoms with Crippen molar-refractivity contribution in [2.45, 2.75) is 25.8 Å². The van der Waals surface area contributed by atoms with Crippen molar-refractivity contribution in [3.8, 4) is 0 Å². The number of methoxy groups -OCH3 is 1. The summed E-state index contributed by atoms with van der Waals surface area (Å²) in [6.07, 6.45) is 0. The van der Waals surface area contributed by atoms with E-state index in [2.05, 4.69) is 23.7 Å². The molecule has 7 heteroatoms. The van der Waals surface area contributed by atoms with E-state index in [-0.39, 0.29) is 10.4 Å². The van der Waals surface area contributed by atoms with Gasteiger partial charge in [0.1, 0.15) is 5.82 Å². The van der Waals surface area contributed by atoms with Crippen LogP contribution in [0.15, 0.2) is 18.2 Å². The minimum absolute atomic E-state index is 0.108. The number of nitrogens with zero attached hydrogens (tertiary/aromatic N) is 2. The number of esters is 1. The molecular formula is C16H16ClFN2O2S. The van der Waals surface area contributed by atoms with E-state index < -0.39 is 11.8 Å². The molecule has 0 aliphatic carbocycles. The summed E-state index contributed by atoms with van der Waals surface area (Å²) in [5.74, 6) is -0.864. The third-order valence-electron chi connectivity index (χ3n) is 3.89. The van der Waals surface area contributed by atoms with Gasteiger partial charge >= 0.3 is 5.97 Å². The summed E-state index contributed by atoms with van der Waals surface area (Å²) in [5.41, 5.74) is 1.42. The normalized spacial score (nSPS) is 16.1. The molecule has 1 aromatic heterocycles. The van der Waals surface area contributed by atoms with E-state index in [0.717, 1.165) is 16.3 Å². The Bertz CT molecular complexity index is 775. The van der Waals surface area contributed by atoms with Gasteiger partial charge in [0, 0.05) is 22.5 Å². The lowest BCUT2D eigenvalue weighted by Crippen LogP contribution is -2.42. The lowest BCUT2D eigenvalue weighted by molar-refractivity contribution is 0.0600. The maximum absolute atomic E-state index is 13.7. The summed E-state index contributed by atoms with van der Waals surface area (Å²) >= 11 is 7.09. The molecule has 0 atom stereocenters. The number of carbonyl (C=O) groups excluding carboxylic acids is 1. The molecule has 4 nitrogen and oxygen atoms in total. The van der Waals surface area contributed by atoms with Crippen molar-refractivity contribution in [3.05, 3.63) is 44.6 Å². The Morgan fingerprint density at radius 2 is 2.22 bits per heavy atom. The summed E-state index contributed by atoms with van der Waals surface area (Å²) < 4.78 is 18.5. The van der Waals surface area contributed by atoms with Gasteiger partial charge in [-0.3, -0.25) is 0 Å². The fourth-order valence-corrected chi connectivity index (χ4v) is 4.10. The molecule has 1 aromatic carbocycles. The highest BCUT2D eigenvalue weighted by Crippen LogP contribution is 2.38. The van der Waals surface area contributed by atoms with Crippen LogP contribution >= 0.6 is 22.9 Å². The number of aromatic nitrogens is 1. The molecule has 122 valence electrons. The maximum Gasteiger partial charge on any atom is 0.367 e. The Morgan fingerprint density at radius 1 is 1.48 bits per heavy atom. The molecule has 0 fully saturated rings. The number of thiazole rings is 1. The van der Waals surface area contributed by atoms with Crippen LogP contribution in [0.1, 0.15) is 34.2 Å². The first-order valence-electron chi connectivity index (χ1n) is 7.10. The number of hydrogen-bond donors (Lipinski definition) is 0. The molecule has 0 radical (unpaired) electrons. The van der Waals surface area contributed by atoms with Crippen molar-refractivity contribution in [1.82, 2.24) is 4.98 Å². The van der Waals surface area contributed by atoms with Crippen LogP contribution in [0.2, 0.25) is 5.02 Å². The Hall–Kier alpha value is -1.66. The Labute approximate surface area is 142 Å². The monoisotopic (exact) mass is 354 g/mol. The van der Waals surface area contributed by atoms with E-state index in [0.29, 0.717) is 18.1 Å². The van der Waals surface area contributed by atoms with Crippen LogP contribution in [0.3, 0.4) is 0 Å². The molecule has 0 saturated heterocycles. The third-order valence-corrected chi connectivity index (χ3v) is 5.21. The quantitative estimate of drug-likeness (QED) is 0.764. The van der Waals surface area contributed by atoms with Gasteiger partial charge in [0.2, 0.25) is 5.01 Å². The standard InChI is InChI=1S/C16H16ClFN2O2S/c1-16(2)8-20(9-4-5-10(17)11(18)6-9)7-12-13(16)19-14(23-12)15(21)22-3/h4-6H,7-8H2,1-3H3. The van der Waals surface area contributed by atoms with E-state index >= 15 is 0 Å². The van der Waals surface area contributed by atoms with Gasteiger partial charge < -0.3 is 9.64 Å². The Kier molecular flexibility index (Phi) is 4.06. The van der Waals surface area contributed by atoms with Gasteiger partial charge in [0.15, 0.2) is 0 Å². The molecule has 0 saturated carbocycles. The van der Waals surface area contributed by atoms with Crippen LogP contribution in [0.4, 0.5) is 10.1 Å². The molecular weight excluding hydrogens is 339 g/mol. The van der Waals surface area contributed by atoms with Crippen LogP contribution in [0.25, 0.3) is 0 Å². The third kappa shape index (κ3) is 2.93. The highest BCUT2D eigenvalue weighted by atomic mass is 35.5. The van der Waals surface area contributed by atoms with Gasteiger partial charge in [-0.2, -0.15) is 0 Å². The zero-order chi connectivity index (χ0) is 16.8. The number of anilines is 1. The van der Waals surface area contributed by atoms with Crippen molar-refractivity contribution in [3.63, 3.8) is 0 Å². The summed E-state index contributed by atoms with van der Waals surface area (Å²) in [6, 6.07) is 4.79. The average Bonchev–Trinajstić information content (AvgIpc) is 2.94. The van der Waals surface area contributed by atoms with Crippen LogP contribution in [0, 0.1) is 5.82 Å². The fraction of sp³-hybridized carbons (Fsp3) is 0.375. The summed E-state index contributed by atoms with van der Waals surface area (Å²) in [4.78, 5) is 19.2. The Morgan fingerprint density at radius 3 is 2.87 bits per heavy atom. The molecule has 1 aliphatic rings. The van der Waals surface area contributed by atoms with Gasteiger partial charge in [0.25, 0.3) is 0 Å². The van der Waals surface area contributed by atoms with Crippen molar-refractivity contribution < 1.29 is 13.9 Å². The van der Waals surface area contributed by atoms with E-state index in [1.807, 2.05) is 0 Å². The van der Waals surface area contributed by atoms with Gasteiger partial charge in [-0.25, -0.2) is 14.2 Å². The van der Waals surface area contributed by atoms with E-state index in [4.69, 9.17) is 16.3 Å². The molecule has 1 aliphatic heterocycles. The van der Waals surface area contributed by atoms with Crippen molar-refractivity contribution >= 4 is 34.6 Å². The van der Waals surface area contributed by atoms with Crippen LogP contribution in [-0.4, -0.2) is 24.6 Å². The first-order chi connectivity index (χ1) is 10.8. The highest BCUT2D eigenvalue weighted by Gasteiger charge is 2.36. The number of hydrogen-bond acceptors (Lipinski definition) is 5. The lowest BCUT2D eigenvalue weighted by atomic mass is 9.85. The van der Waals surface area contributed by atoms with Gasteiger partial charge in [-0.15, -0.1) is 11.3 Å². The highest BCUT2D eigenvalue weighted by molar-refractivity contribution is 7.13. The molecule has 3 rings (SSSR count). The largest absolute Gasteiger partial charge is 0.464 e. The number of halogens is 2. The van der Waals surface area contributed by atoms with E-state index in [1.54, 1.807) is 12.1 Å². The maximum atomic E-state index is 13.7. The predicted molar refractivity (Wildman–Crippen MR) is 88.9 cm³/mol. The van der Waals surface area contributed by atoms with Crippen molar-refractivity contribution in [1.29, 1.82) is 0 Å². The number of carbonyl (C=O) groups is 1. The van der Waals surface area contributed by atoms with Crippen LogP contribution < -0.4 is 4.90 Å². The molecule has 2 aromatic rings. The second-order valence-corrected chi connectivity index (χ2v) is 7.61. The number of rotatable bonds is 2. The van der Waals surface area contributed by atoms with Crippen molar-refractivity contribution in [2.75, 3.05) is 18.6 Å². The molecule has 23 heavy (non-hydrogen) atoms. The van der Waals surface area contributed by atoms with E-state index in [9.17, 15) is 9.18 Å². The molecule has 0 unspecified atom stereocenters. The zero-order valence-corrected chi connectivity index (χ0v) is 14.6. The zero-order valence-electron chi connectivity index (χ0n) is 13.0. The van der Waals surface area contributed by atoms with Gasteiger partial charge in [-0.1, -0.05) is 25.4 Å². The molecule has 0 spiro atoms. The molecule has 0 amide bonds. The lowest BCUT2D eigenvalue weighted by Gasteiger charge is -2.38. The summed E-state index contributed by atoms with van der Waals surface area (Å²) in [7, 11) is 1.34. The summed E-state index contributed by atoms with van der Waals surface area (Å²) in [6.45, 7) is 5.37. The second kappa shape index (κ2) is 5.76. The SMILES string of the molecule is COC(=O)c1nc2c(s1)CN(c1ccc(Cl)c(F)c1)CC2(C)C. The number of ether oxygens (including phenoxy) is 1. The molecule has 2 heterocycles. The van der Waals surface area contributed by atoms with Gasteiger partial charge in [0.05, 0.1) is 24.4 Å². The minimum Gasteiger partial charge on any atom is -0.464 e. The fourth-order valence-electron chi connectivity index (χ4n) is 2.81. The topological polar surface area (TPSA) is 42.4 Å². The van der Waals surface area contributed by atoms with Crippen LogP contribution in [-0.2, 0) is 16.7 Å². The second-order valence-electron chi connectivity index (χ2n) is 6.12. The predicted octanol–water partition coefficient (Wildman–Crippen LogP) is 4.02. The first kappa shape index (κ1) is 16.2. The van der Waals surface area contributed by atoms with Crippen molar-refractivity contribution in [2.24, 2.45) is 0 Å². The minimum atomic E-state index is -0.438. The van der Waals surface area contributed by atoms with E-state index in [1.165, 1.54) is 24.5 Å². The summed E-state index contributed by atoms with van der Waals surface area (Å²) in [5, 5.41) is 0.464. The Balaban J connectivity index is 1.98. The number of benzene rings is 1. The molecule has 0 N–H and O–H groups in total. The number of fused-ring (bicyclic) bond motifs is 1. The smallest absolute Gasteiger partial charge is 0.367 e. The average molecular weight is 355 g/mol. The van der Waals surface area contributed by atoms with Gasteiger partial charge in [-0.05, 0) is 18.2 Å². The first-order valence-corrected chi connectivity index (χ1v) is 8.30. The molecule has 0 bridgehead atoms. The van der Waals surface area contributed by atoms with Crippen LogP contribution in [0.5, 0.6) is 0 Å².